The van der Waals surface area contributed by atoms with Gasteiger partial charge in [-0.15, -0.1) is 0 Å². The number of hydrogen-bond donors (Lipinski definition) is 5. The van der Waals surface area contributed by atoms with Gasteiger partial charge in [0.25, 0.3) is 0 Å². The van der Waals surface area contributed by atoms with E-state index in [-0.39, 0.29) is 6.10 Å². The van der Waals surface area contributed by atoms with Crippen molar-refractivity contribution in [2.75, 3.05) is 13.1 Å². The van der Waals surface area contributed by atoms with E-state index in [2.05, 4.69) is 10.9 Å². The van der Waals surface area contributed by atoms with Gasteiger partial charge in [0.2, 0.25) is 0 Å². The molecule has 0 spiro atoms. The van der Waals surface area contributed by atoms with Crippen LogP contribution in [0.15, 0.2) is 0 Å². The van der Waals surface area contributed by atoms with E-state index in [1.54, 1.807) is 0 Å². The number of hydrogen-bond acceptors (Lipinski definition) is 5. The molecule has 0 aromatic heterocycles. The van der Waals surface area contributed by atoms with Crippen molar-refractivity contribution in [3.05, 3.63) is 0 Å². The summed E-state index contributed by atoms with van der Waals surface area (Å²) < 4.78 is 0. The molecule has 0 saturated carbocycles. The second-order valence-electron chi connectivity index (χ2n) is 2.16. The van der Waals surface area contributed by atoms with Gasteiger partial charge in [0.1, 0.15) is 0 Å². The summed E-state index contributed by atoms with van der Waals surface area (Å²) in [4.78, 5) is 0. The summed E-state index contributed by atoms with van der Waals surface area (Å²) in [5.74, 6) is 10.0. The van der Waals surface area contributed by atoms with Crippen molar-refractivity contribution in [3.8, 4) is 0 Å². The third-order valence-electron chi connectivity index (χ3n) is 1.21. The van der Waals surface area contributed by atoms with Gasteiger partial charge in [0, 0.05) is 13.1 Å². The average Bonchev–Trinajstić information content (AvgIpc) is 1.89. The molecule has 0 fully saturated rings. The van der Waals surface area contributed by atoms with Gasteiger partial charge < -0.3 is 5.11 Å². The molecule has 10 heavy (non-hydrogen) atoms. The molecule has 0 saturated heterocycles. The lowest BCUT2D eigenvalue weighted by molar-refractivity contribution is 0.159. The zero-order chi connectivity index (χ0) is 7.82. The summed E-state index contributed by atoms with van der Waals surface area (Å²) in [6.07, 6.45) is 1.21. The second kappa shape index (κ2) is 6.91. The molecule has 0 aliphatic heterocycles. The Hall–Kier alpha value is -0.200. The number of aliphatic hydroxyl groups is 1. The Morgan fingerprint density at radius 1 is 1.30 bits per heavy atom. The summed E-state index contributed by atoms with van der Waals surface area (Å²) >= 11 is 0. The zero-order valence-electron chi connectivity index (χ0n) is 6.01. The minimum Gasteiger partial charge on any atom is -0.392 e. The highest BCUT2D eigenvalue weighted by atomic mass is 16.3. The van der Waals surface area contributed by atoms with Crippen molar-refractivity contribution >= 4 is 0 Å². The predicted molar refractivity (Wildman–Crippen MR) is 39.6 cm³/mol. The topological polar surface area (TPSA) is 96.3 Å². The summed E-state index contributed by atoms with van der Waals surface area (Å²) in [5.41, 5.74) is 4.90. The third kappa shape index (κ3) is 5.93. The van der Waals surface area contributed by atoms with E-state index in [0.29, 0.717) is 13.0 Å². The number of aliphatic hydroxyl groups excluding tert-OH is 1. The first-order chi connectivity index (χ1) is 4.81. The number of hydrazine groups is 2. The smallest absolute Gasteiger partial charge is 0.0678 e. The number of rotatable bonds is 6. The molecule has 0 aromatic rings. The Bertz CT molecular complexity index is 70.7. The van der Waals surface area contributed by atoms with Gasteiger partial charge in [-0.25, -0.2) is 0 Å². The lowest BCUT2D eigenvalue weighted by Crippen LogP contribution is -2.32. The Labute approximate surface area is 60.7 Å². The maximum absolute atomic E-state index is 9.06. The second-order valence-corrected chi connectivity index (χ2v) is 2.16. The van der Waals surface area contributed by atoms with Crippen molar-refractivity contribution < 1.29 is 5.11 Å². The van der Waals surface area contributed by atoms with Gasteiger partial charge >= 0.3 is 0 Å². The lowest BCUT2D eigenvalue weighted by atomic mass is 10.2. The van der Waals surface area contributed by atoms with E-state index in [1.165, 1.54) is 0 Å². The monoisotopic (exact) mass is 148 g/mol. The van der Waals surface area contributed by atoms with Crippen LogP contribution in [0.3, 0.4) is 0 Å². The van der Waals surface area contributed by atoms with Gasteiger partial charge in [0.05, 0.1) is 6.10 Å². The predicted octanol–water partition coefficient (Wildman–Crippen LogP) is -1.95. The van der Waals surface area contributed by atoms with Crippen LogP contribution in [0.5, 0.6) is 0 Å². The normalized spacial score (nSPS) is 13.5. The van der Waals surface area contributed by atoms with Crippen molar-refractivity contribution in [3.63, 3.8) is 0 Å². The molecule has 0 radical (unpaired) electrons. The maximum atomic E-state index is 9.06. The van der Waals surface area contributed by atoms with Crippen molar-refractivity contribution in [2.45, 2.75) is 18.9 Å². The van der Waals surface area contributed by atoms with E-state index < -0.39 is 0 Å². The summed E-state index contributed by atoms with van der Waals surface area (Å²) in [6.45, 7) is 1.16. The first-order valence-corrected chi connectivity index (χ1v) is 3.36. The largest absolute Gasteiger partial charge is 0.392 e. The molecular weight excluding hydrogens is 132 g/mol. The molecular formula is C5H16N4O. The van der Waals surface area contributed by atoms with Gasteiger partial charge in [-0.1, -0.05) is 0 Å². The molecule has 0 amide bonds. The first kappa shape index (κ1) is 9.80. The Balaban J connectivity index is 2.97. The highest BCUT2D eigenvalue weighted by Crippen LogP contribution is 1.92. The summed E-state index contributed by atoms with van der Waals surface area (Å²) in [7, 11) is 0. The Morgan fingerprint density at radius 2 is 2.00 bits per heavy atom. The van der Waals surface area contributed by atoms with Crippen LogP contribution in [0.2, 0.25) is 0 Å². The molecule has 0 heterocycles. The van der Waals surface area contributed by atoms with Crippen LogP contribution in [0.25, 0.3) is 0 Å². The number of nitrogens with two attached hydrogens (primary N) is 2. The molecule has 1 unspecified atom stereocenters. The van der Waals surface area contributed by atoms with Crippen LogP contribution in [0.4, 0.5) is 0 Å². The highest BCUT2D eigenvalue weighted by Gasteiger charge is 2.00. The molecule has 0 aliphatic rings. The van der Waals surface area contributed by atoms with E-state index in [9.17, 15) is 0 Å². The van der Waals surface area contributed by atoms with Crippen LogP contribution in [-0.4, -0.2) is 24.3 Å². The van der Waals surface area contributed by atoms with Gasteiger partial charge in [0.15, 0.2) is 0 Å². The molecule has 7 N–H and O–H groups in total. The molecule has 0 aromatic carbocycles. The van der Waals surface area contributed by atoms with Crippen molar-refractivity contribution in [1.82, 2.24) is 10.9 Å². The maximum Gasteiger partial charge on any atom is 0.0678 e. The van der Waals surface area contributed by atoms with Crippen LogP contribution in [-0.2, 0) is 0 Å². The molecule has 62 valence electrons. The fraction of sp³-hybridized carbons (Fsp3) is 1.00. The third-order valence-corrected chi connectivity index (χ3v) is 1.21. The van der Waals surface area contributed by atoms with Gasteiger partial charge in [-0.05, 0) is 12.8 Å². The Kier molecular flexibility index (Phi) is 6.78. The quantitative estimate of drug-likeness (QED) is 0.171. The van der Waals surface area contributed by atoms with E-state index in [4.69, 9.17) is 16.8 Å². The molecule has 5 heteroatoms. The fourth-order valence-corrected chi connectivity index (χ4v) is 0.678. The minimum atomic E-state index is -0.363. The zero-order valence-corrected chi connectivity index (χ0v) is 6.01. The van der Waals surface area contributed by atoms with Crippen LogP contribution in [0, 0.1) is 0 Å². The molecule has 0 aliphatic carbocycles. The molecule has 1 atom stereocenters. The van der Waals surface area contributed by atoms with E-state index >= 15 is 0 Å². The summed E-state index contributed by atoms with van der Waals surface area (Å²) in [5, 5.41) is 9.06. The molecule has 0 rings (SSSR count). The minimum absolute atomic E-state index is 0.363. The average molecular weight is 148 g/mol. The van der Waals surface area contributed by atoms with E-state index in [1.807, 2.05) is 0 Å². The Morgan fingerprint density at radius 3 is 2.50 bits per heavy atom. The molecule has 5 nitrogen and oxygen atoms in total. The number of nitrogens with one attached hydrogen (secondary N) is 2. The lowest BCUT2D eigenvalue weighted by Gasteiger charge is -2.07. The first-order valence-electron chi connectivity index (χ1n) is 3.36. The van der Waals surface area contributed by atoms with Crippen LogP contribution < -0.4 is 22.5 Å². The standard InChI is InChI=1S/C5H16N4O/c6-8-3-1-2-5(10)4-9-7/h5,8-10H,1-4,6-7H2. The summed E-state index contributed by atoms with van der Waals surface area (Å²) in [6, 6.07) is 0. The van der Waals surface area contributed by atoms with Crippen molar-refractivity contribution in [1.29, 1.82) is 0 Å². The SMILES string of the molecule is NNCCCC(O)CNN. The van der Waals surface area contributed by atoms with Crippen LogP contribution >= 0.6 is 0 Å². The fourth-order valence-electron chi connectivity index (χ4n) is 0.678. The molecule has 0 bridgehead atoms. The van der Waals surface area contributed by atoms with E-state index in [0.717, 1.165) is 13.0 Å². The van der Waals surface area contributed by atoms with Crippen molar-refractivity contribution in [2.24, 2.45) is 11.7 Å². The van der Waals surface area contributed by atoms with Crippen LogP contribution in [0.1, 0.15) is 12.8 Å². The highest BCUT2D eigenvalue weighted by molar-refractivity contribution is 4.56. The van der Waals surface area contributed by atoms with Gasteiger partial charge in [-0.3, -0.25) is 22.5 Å². The van der Waals surface area contributed by atoms with Gasteiger partial charge in [-0.2, -0.15) is 0 Å².